The van der Waals surface area contributed by atoms with Gasteiger partial charge in [-0.25, -0.2) is 0 Å². The Hall–Kier alpha value is -2.40. The largest absolute Gasteiger partial charge is 0.325 e. The molecule has 1 aliphatic rings. The van der Waals surface area contributed by atoms with Crippen LogP contribution in [0.4, 0.5) is 11.4 Å². The molecule has 5 nitrogen and oxygen atoms in total. The van der Waals surface area contributed by atoms with Crippen molar-refractivity contribution >= 4 is 28.9 Å². The van der Waals surface area contributed by atoms with Crippen molar-refractivity contribution < 1.29 is 9.72 Å². The SMILES string of the molecule is Cc1c(NC(=O)C2(c3cccc(Cl)c3)CC2)cccc1[N+](=O)[O-]. The van der Waals surface area contributed by atoms with Crippen LogP contribution in [0.2, 0.25) is 5.02 Å². The van der Waals surface area contributed by atoms with Gasteiger partial charge in [-0.05, 0) is 43.5 Å². The van der Waals surface area contributed by atoms with Gasteiger partial charge in [-0.15, -0.1) is 0 Å². The smallest absolute Gasteiger partial charge is 0.274 e. The lowest BCUT2D eigenvalue weighted by Crippen LogP contribution is -2.28. The van der Waals surface area contributed by atoms with Crippen molar-refractivity contribution in [3.05, 3.63) is 68.7 Å². The van der Waals surface area contributed by atoms with Gasteiger partial charge in [0.15, 0.2) is 0 Å². The van der Waals surface area contributed by atoms with Crippen LogP contribution in [0.1, 0.15) is 24.0 Å². The molecule has 23 heavy (non-hydrogen) atoms. The number of nitro groups is 1. The van der Waals surface area contributed by atoms with E-state index in [1.54, 1.807) is 31.2 Å². The number of carbonyl (C=O) groups excluding carboxylic acids is 1. The van der Waals surface area contributed by atoms with Crippen LogP contribution in [0.15, 0.2) is 42.5 Å². The van der Waals surface area contributed by atoms with E-state index >= 15 is 0 Å². The number of nitrogens with zero attached hydrogens (tertiary/aromatic N) is 1. The molecule has 0 radical (unpaired) electrons. The first-order valence-electron chi connectivity index (χ1n) is 7.25. The van der Waals surface area contributed by atoms with Crippen LogP contribution in [-0.4, -0.2) is 10.8 Å². The topological polar surface area (TPSA) is 72.2 Å². The fraction of sp³-hybridized carbons (Fsp3) is 0.235. The summed E-state index contributed by atoms with van der Waals surface area (Å²) in [6.45, 7) is 1.63. The molecule has 2 aromatic carbocycles. The zero-order chi connectivity index (χ0) is 16.6. The van der Waals surface area contributed by atoms with E-state index in [1.165, 1.54) is 6.07 Å². The molecule has 6 heteroatoms. The Morgan fingerprint density at radius 2 is 1.96 bits per heavy atom. The van der Waals surface area contributed by atoms with Crippen LogP contribution in [0.5, 0.6) is 0 Å². The van der Waals surface area contributed by atoms with Gasteiger partial charge in [0.05, 0.1) is 21.6 Å². The molecule has 0 saturated heterocycles. The Kier molecular flexibility index (Phi) is 3.82. The van der Waals surface area contributed by atoms with Crippen molar-refractivity contribution in [1.29, 1.82) is 0 Å². The van der Waals surface area contributed by atoms with E-state index in [2.05, 4.69) is 5.32 Å². The summed E-state index contributed by atoms with van der Waals surface area (Å²) in [6.07, 6.45) is 1.49. The summed E-state index contributed by atoms with van der Waals surface area (Å²) in [7, 11) is 0. The Balaban J connectivity index is 1.88. The summed E-state index contributed by atoms with van der Waals surface area (Å²) < 4.78 is 0. The molecular formula is C17H15ClN2O3. The van der Waals surface area contributed by atoms with Gasteiger partial charge < -0.3 is 5.32 Å². The van der Waals surface area contributed by atoms with E-state index in [1.807, 2.05) is 12.1 Å². The summed E-state index contributed by atoms with van der Waals surface area (Å²) in [5.41, 5.74) is 1.22. The zero-order valence-corrected chi connectivity index (χ0v) is 13.3. The first-order chi connectivity index (χ1) is 10.9. The van der Waals surface area contributed by atoms with Crippen molar-refractivity contribution in [3.63, 3.8) is 0 Å². The van der Waals surface area contributed by atoms with E-state index < -0.39 is 10.3 Å². The highest BCUT2D eigenvalue weighted by Crippen LogP contribution is 2.49. The summed E-state index contributed by atoms with van der Waals surface area (Å²) >= 11 is 6.02. The fourth-order valence-electron chi connectivity index (χ4n) is 2.76. The minimum atomic E-state index is -0.581. The van der Waals surface area contributed by atoms with Crippen molar-refractivity contribution in [2.45, 2.75) is 25.2 Å². The molecule has 1 N–H and O–H groups in total. The third kappa shape index (κ3) is 2.80. The number of carbonyl (C=O) groups is 1. The molecule has 0 bridgehead atoms. The Bertz CT molecular complexity index is 800. The quantitative estimate of drug-likeness (QED) is 0.673. The monoisotopic (exact) mass is 330 g/mol. The van der Waals surface area contributed by atoms with Crippen LogP contribution < -0.4 is 5.32 Å². The van der Waals surface area contributed by atoms with Gasteiger partial charge in [-0.3, -0.25) is 14.9 Å². The normalized spacial score (nSPS) is 15.0. The number of rotatable bonds is 4. The van der Waals surface area contributed by atoms with E-state index in [0.29, 0.717) is 16.3 Å². The van der Waals surface area contributed by atoms with Crippen molar-refractivity contribution in [3.8, 4) is 0 Å². The zero-order valence-electron chi connectivity index (χ0n) is 12.5. The standard InChI is InChI=1S/C17H15ClN2O3/c1-11-14(6-3-7-15(11)20(22)23)19-16(21)17(8-9-17)12-4-2-5-13(18)10-12/h2-7,10H,8-9H2,1H3,(H,19,21). The molecule has 1 saturated carbocycles. The number of benzene rings is 2. The van der Waals surface area contributed by atoms with E-state index in [4.69, 9.17) is 11.6 Å². The highest BCUT2D eigenvalue weighted by atomic mass is 35.5. The van der Waals surface area contributed by atoms with Gasteiger partial charge in [0.1, 0.15) is 0 Å². The lowest BCUT2D eigenvalue weighted by atomic mass is 9.94. The summed E-state index contributed by atoms with van der Waals surface area (Å²) in [5.74, 6) is -0.150. The van der Waals surface area contributed by atoms with Crippen LogP contribution in [0, 0.1) is 17.0 Å². The van der Waals surface area contributed by atoms with Gasteiger partial charge in [0, 0.05) is 11.1 Å². The molecule has 118 valence electrons. The number of amides is 1. The predicted octanol–water partition coefficient (Wildman–Crippen LogP) is 4.23. The second-order valence-corrected chi connectivity index (χ2v) is 6.19. The third-order valence-corrected chi connectivity index (χ3v) is 4.55. The summed E-state index contributed by atoms with van der Waals surface area (Å²) in [4.78, 5) is 23.3. The van der Waals surface area contributed by atoms with Gasteiger partial charge in [0.2, 0.25) is 5.91 Å². The number of anilines is 1. The molecule has 0 aliphatic heterocycles. The highest BCUT2D eigenvalue weighted by Gasteiger charge is 2.51. The first kappa shape index (κ1) is 15.5. The minimum Gasteiger partial charge on any atom is -0.325 e. The van der Waals surface area contributed by atoms with Gasteiger partial charge in [-0.1, -0.05) is 29.8 Å². The van der Waals surface area contributed by atoms with Crippen LogP contribution in [-0.2, 0) is 10.2 Å². The number of hydrogen-bond acceptors (Lipinski definition) is 3. The molecule has 1 aliphatic carbocycles. The maximum atomic E-state index is 12.7. The maximum absolute atomic E-state index is 12.7. The molecule has 1 amide bonds. The molecule has 0 heterocycles. The highest BCUT2D eigenvalue weighted by molar-refractivity contribution is 6.30. The molecule has 3 rings (SSSR count). The van der Waals surface area contributed by atoms with E-state index in [9.17, 15) is 14.9 Å². The second-order valence-electron chi connectivity index (χ2n) is 5.75. The molecule has 1 fully saturated rings. The first-order valence-corrected chi connectivity index (χ1v) is 7.63. The molecule has 2 aromatic rings. The predicted molar refractivity (Wildman–Crippen MR) is 88.8 cm³/mol. The minimum absolute atomic E-state index is 0.00426. The van der Waals surface area contributed by atoms with Gasteiger partial charge in [-0.2, -0.15) is 0 Å². The number of hydrogen-bond donors (Lipinski definition) is 1. The second kappa shape index (κ2) is 5.66. The third-order valence-electron chi connectivity index (χ3n) is 4.31. The summed E-state index contributed by atoms with van der Waals surface area (Å²) in [6, 6.07) is 11.9. The summed E-state index contributed by atoms with van der Waals surface area (Å²) in [5, 5.41) is 14.4. The van der Waals surface area contributed by atoms with Gasteiger partial charge in [0.25, 0.3) is 5.69 Å². The van der Waals surface area contributed by atoms with Crippen LogP contribution in [0.3, 0.4) is 0 Å². The van der Waals surface area contributed by atoms with E-state index in [0.717, 1.165) is 18.4 Å². The van der Waals surface area contributed by atoms with Gasteiger partial charge >= 0.3 is 0 Å². The average molecular weight is 331 g/mol. The van der Waals surface area contributed by atoms with Crippen molar-refractivity contribution in [1.82, 2.24) is 0 Å². The molecular weight excluding hydrogens is 316 g/mol. The molecule has 0 atom stereocenters. The Morgan fingerprint density at radius 1 is 1.26 bits per heavy atom. The molecule has 0 unspecified atom stereocenters. The number of nitro benzene ring substituents is 1. The molecule has 0 spiro atoms. The van der Waals surface area contributed by atoms with Crippen LogP contribution in [0.25, 0.3) is 0 Å². The Labute approximate surface area is 138 Å². The van der Waals surface area contributed by atoms with E-state index in [-0.39, 0.29) is 11.6 Å². The number of nitrogens with one attached hydrogen (secondary N) is 1. The average Bonchev–Trinajstić information content (AvgIpc) is 3.31. The Morgan fingerprint density at radius 3 is 2.57 bits per heavy atom. The van der Waals surface area contributed by atoms with Crippen molar-refractivity contribution in [2.75, 3.05) is 5.32 Å². The fourth-order valence-corrected chi connectivity index (χ4v) is 2.95. The maximum Gasteiger partial charge on any atom is 0.274 e. The lowest BCUT2D eigenvalue weighted by Gasteiger charge is -2.17. The lowest BCUT2D eigenvalue weighted by molar-refractivity contribution is -0.385. The number of halogens is 1. The molecule has 0 aromatic heterocycles. The van der Waals surface area contributed by atoms with Crippen LogP contribution >= 0.6 is 11.6 Å². The van der Waals surface area contributed by atoms with Crippen molar-refractivity contribution in [2.24, 2.45) is 0 Å².